The summed E-state index contributed by atoms with van der Waals surface area (Å²) in [5.74, 6) is 0.577. The molecule has 1 saturated carbocycles. The summed E-state index contributed by atoms with van der Waals surface area (Å²) in [5, 5.41) is 2.90. The van der Waals surface area contributed by atoms with Gasteiger partial charge in [-0.25, -0.2) is 0 Å². The quantitative estimate of drug-likeness (QED) is 0.787. The molecule has 0 aromatic carbocycles. The highest BCUT2D eigenvalue weighted by atomic mass is 32.2. The van der Waals surface area contributed by atoms with Crippen molar-refractivity contribution in [2.45, 2.75) is 64.0 Å². The van der Waals surface area contributed by atoms with Crippen molar-refractivity contribution < 1.29 is 9.00 Å². The van der Waals surface area contributed by atoms with Crippen molar-refractivity contribution in [1.82, 2.24) is 5.32 Å². The van der Waals surface area contributed by atoms with Crippen LogP contribution in [0.2, 0.25) is 0 Å². The Morgan fingerprint density at radius 2 is 1.85 bits per heavy atom. The van der Waals surface area contributed by atoms with Gasteiger partial charge in [0.05, 0.1) is 0 Å². The SMILES string of the molecule is CC(C)(C)S(=O)CCNC(=O)CC1(CN)CCCCC1. The van der Waals surface area contributed by atoms with Crippen LogP contribution in [0.25, 0.3) is 0 Å². The number of hydrogen-bond acceptors (Lipinski definition) is 3. The smallest absolute Gasteiger partial charge is 0.220 e. The van der Waals surface area contributed by atoms with Gasteiger partial charge in [-0.05, 0) is 45.6 Å². The van der Waals surface area contributed by atoms with E-state index in [0.29, 0.717) is 25.3 Å². The molecule has 1 rings (SSSR count). The molecule has 0 aromatic heterocycles. The molecule has 0 aliphatic heterocycles. The summed E-state index contributed by atoms with van der Waals surface area (Å²) in [4.78, 5) is 12.0. The fourth-order valence-corrected chi connectivity index (χ4v) is 3.65. The largest absolute Gasteiger partial charge is 0.355 e. The van der Waals surface area contributed by atoms with E-state index in [-0.39, 0.29) is 16.1 Å². The van der Waals surface area contributed by atoms with Gasteiger partial charge < -0.3 is 11.1 Å². The van der Waals surface area contributed by atoms with E-state index in [1.54, 1.807) is 0 Å². The van der Waals surface area contributed by atoms with Gasteiger partial charge in [0.2, 0.25) is 5.91 Å². The second kappa shape index (κ2) is 7.55. The van der Waals surface area contributed by atoms with Gasteiger partial charge in [-0.2, -0.15) is 0 Å². The van der Waals surface area contributed by atoms with Gasteiger partial charge in [0.1, 0.15) is 0 Å². The Bertz CT molecular complexity index is 344. The van der Waals surface area contributed by atoms with E-state index in [1.807, 2.05) is 20.8 Å². The lowest BCUT2D eigenvalue weighted by Crippen LogP contribution is -2.40. The molecule has 1 amide bonds. The molecule has 0 aromatic rings. The fourth-order valence-electron chi connectivity index (χ4n) is 2.75. The van der Waals surface area contributed by atoms with Crippen molar-refractivity contribution >= 4 is 16.7 Å². The number of carbonyl (C=O) groups excluding carboxylic acids is 1. The Morgan fingerprint density at radius 3 is 2.35 bits per heavy atom. The molecular formula is C15H30N2O2S. The molecule has 20 heavy (non-hydrogen) atoms. The summed E-state index contributed by atoms with van der Waals surface area (Å²) >= 11 is 0. The van der Waals surface area contributed by atoms with Crippen LogP contribution in [0.3, 0.4) is 0 Å². The molecule has 1 aliphatic rings. The minimum absolute atomic E-state index is 0.00547. The molecule has 0 radical (unpaired) electrons. The Labute approximate surface area is 125 Å². The summed E-state index contributed by atoms with van der Waals surface area (Å²) < 4.78 is 11.7. The van der Waals surface area contributed by atoms with E-state index >= 15 is 0 Å². The maximum absolute atomic E-state index is 12.0. The van der Waals surface area contributed by atoms with Crippen LogP contribution in [-0.4, -0.2) is 33.7 Å². The van der Waals surface area contributed by atoms with Crippen LogP contribution in [0.15, 0.2) is 0 Å². The lowest BCUT2D eigenvalue weighted by molar-refractivity contribution is -0.123. The van der Waals surface area contributed by atoms with E-state index in [0.717, 1.165) is 12.8 Å². The van der Waals surface area contributed by atoms with E-state index < -0.39 is 10.8 Å². The van der Waals surface area contributed by atoms with Crippen LogP contribution in [0.1, 0.15) is 59.3 Å². The zero-order valence-corrected chi connectivity index (χ0v) is 14.0. The monoisotopic (exact) mass is 302 g/mol. The van der Waals surface area contributed by atoms with E-state index in [9.17, 15) is 9.00 Å². The average Bonchev–Trinajstić information content (AvgIpc) is 2.38. The maximum atomic E-state index is 12.0. The van der Waals surface area contributed by atoms with Crippen molar-refractivity contribution in [1.29, 1.82) is 0 Å². The molecule has 1 aliphatic carbocycles. The second-order valence-electron chi connectivity index (χ2n) is 6.95. The standard InChI is InChI=1S/C15H30N2O2S/c1-14(2,3)20(19)10-9-17-13(18)11-15(12-16)7-5-4-6-8-15/h4-12,16H2,1-3H3,(H,17,18). The van der Waals surface area contributed by atoms with Gasteiger partial charge in [-0.1, -0.05) is 19.3 Å². The van der Waals surface area contributed by atoms with Crippen LogP contribution in [0.4, 0.5) is 0 Å². The molecule has 0 spiro atoms. The second-order valence-corrected chi connectivity index (χ2v) is 9.28. The minimum Gasteiger partial charge on any atom is -0.355 e. The summed E-state index contributed by atoms with van der Waals surface area (Å²) in [7, 11) is -0.912. The Kier molecular flexibility index (Phi) is 6.65. The van der Waals surface area contributed by atoms with Crippen LogP contribution < -0.4 is 11.1 Å². The fraction of sp³-hybridized carbons (Fsp3) is 0.933. The third-order valence-electron chi connectivity index (χ3n) is 4.18. The summed E-state index contributed by atoms with van der Waals surface area (Å²) in [5.41, 5.74) is 5.90. The molecule has 0 saturated heterocycles. The summed E-state index contributed by atoms with van der Waals surface area (Å²) in [6, 6.07) is 0. The first-order valence-electron chi connectivity index (χ1n) is 7.64. The van der Waals surface area contributed by atoms with Crippen molar-refractivity contribution in [2.75, 3.05) is 18.8 Å². The number of rotatable bonds is 6. The molecule has 3 N–H and O–H groups in total. The molecule has 4 nitrogen and oxygen atoms in total. The molecule has 1 atom stereocenters. The van der Waals surface area contributed by atoms with Gasteiger partial charge in [-0.3, -0.25) is 9.00 Å². The van der Waals surface area contributed by atoms with E-state index in [2.05, 4.69) is 5.32 Å². The Morgan fingerprint density at radius 1 is 1.25 bits per heavy atom. The molecule has 0 heterocycles. The van der Waals surface area contributed by atoms with Crippen molar-refractivity contribution in [3.8, 4) is 0 Å². The molecule has 1 unspecified atom stereocenters. The van der Waals surface area contributed by atoms with Crippen LogP contribution in [0.5, 0.6) is 0 Å². The third kappa shape index (κ3) is 5.52. The first-order valence-corrected chi connectivity index (χ1v) is 8.96. The number of nitrogens with one attached hydrogen (secondary N) is 1. The normalized spacial score (nSPS) is 20.4. The minimum atomic E-state index is -0.912. The zero-order chi connectivity index (χ0) is 15.2. The third-order valence-corrected chi connectivity index (χ3v) is 6.12. The topological polar surface area (TPSA) is 72.2 Å². The first kappa shape index (κ1) is 17.6. The zero-order valence-electron chi connectivity index (χ0n) is 13.2. The highest BCUT2D eigenvalue weighted by Gasteiger charge is 2.32. The lowest BCUT2D eigenvalue weighted by Gasteiger charge is -2.35. The maximum Gasteiger partial charge on any atom is 0.220 e. The van der Waals surface area contributed by atoms with Gasteiger partial charge in [0.15, 0.2) is 0 Å². The Balaban J connectivity index is 2.34. The average molecular weight is 302 g/mol. The van der Waals surface area contributed by atoms with Crippen molar-refractivity contribution in [3.05, 3.63) is 0 Å². The lowest BCUT2D eigenvalue weighted by atomic mass is 9.72. The molecule has 1 fully saturated rings. The molecule has 0 bridgehead atoms. The highest BCUT2D eigenvalue weighted by Crippen LogP contribution is 2.38. The Hall–Kier alpha value is -0.420. The molecule has 5 heteroatoms. The van der Waals surface area contributed by atoms with Crippen LogP contribution in [0, 0.1) is 5.41 Å². The molecule has 118 valence electrons. The van der Waals surface area contributed by atoms with Crippen molar-refractivity contribution in [2.24, 2.45) is 11.1 Å². The van der Waals surface area contributed by atoms with E-state index in [4.69, 9.17) is 5.73 Å². The predicted octanol–water partition coefficient (Wildman–Crippen LogP) is 1.95. The number of nitrogens with two attached hydrogens (primary N) is 1. The van der Waals surface area contributed by atoms with E-state index in [1.165, 1.54) is 19.3 Å². The molecular weight excluding hydrogens is 272 g/mol. The summed E-state index contributed by atoms with van der Waals surface area (Å²) in [6.45, 7) is 6.95. The van der Waals surface area contributed by atoms with Gasteiger partial charge in [0.25, 0.3) is 0 Å². The highest BCUT2D eigenvalue weighted by molar-refractivity contribution is 7.86. The summed E-state index contributed by atoms with van der Waals surface area (Å²) in [6.07, 6.45) is 6.26. The van der Waals surface area contributed by atoms with Crippen LogP contribution in [-0.2, 0) is 15.6 Å². The van der Waals surface area contributed by atoms with Crippen molar-refractivity contribution in [3.63, 3.8) is 0 Å². The first-order chi connectivity index (χ1) is 9.29. The number of carbonyl (C=O) groups is 1. The van der Waals surface area contributed by atoms with Gasteiger partial charge in [0, 0.05) is 34.3 Å². The number of amides is 1. The predicted molar refractivity (Wildman–Crippen MR) is 85.0 cm³/mol. The number of hydrogen-bond donors (Lipinski definition) is 2. The van der Waals surface area contributed by atoms with Gasteiger partial charge in [-0.15, -0.1) is 0 Å². The van der Waals surface area contributed by atoms with Crippen LogP contribution >= 0.6 is 0 Å². The van der Waals surface area contributed by atoms with Gasteiger partial charge >= 0.3 is 0 Å².